The average Bonchev–Trinajstić information content (AvgIpc) is 2.49. The van der Waals surface area contributed by atoms with Crippen molar-refractivity contribution in [1.29, 1.82) is 0 Å². The van der Waals surface area contributed by atoms with Crippen molar-refractivity contribution in [2.75, 3.05) is 18.4 Å². The Morgan fingerprint density at radius 1 is 1.39 bits per heavy atom. The van der Waals surface area contributed by atoms with Gasteiger partial charge in [0.2, 0.25) is 5.91 Å². The molecular formula is C15H20Cl2F2N2OS. The van der Waals surface area contributed by atoms with Crippen LogP contribution in [-0.2, 0) is 4.79 Å². The van der Waals surface area contributed by atoms with Crippen LogP contribution in [0.5, 0.6) is 0 Å². The number of thioether (sulfide) groups is 1. The summed E-state index contributed by atoms with van der Waals surface area (Å²) in [6, 6.07) is 4.77. The predicted octanol–water partition coefficient (Wildman–Crippen LogP) is 4.79. The number of benzene rings is 1. The summed E-state index contributed by atoms with van der Waals surface area (Å²) in [5, 5.41) is 6.21. The second-order valence-corrected chi connectivity index (χ2v) is 6.68. The minimum Gasteiger partial charge on any atom is -0.325 e. The highest BCUT2D eigenvalue weighted by Gasteiger charge is 2.17. The molecular weight excluding hydrogens is 365 g/mol. The topological polar surface area (TPSA) is 41.1 Å². The Morgan fingerprint density at radius 2 is 2.09 bits per heavy atom. The molecule has 1 fully saturated rings. The van der Waals surface area contributed by atoms with E-state index in [4.69, 9.17) is 11.6 Å². The van der Waals surface area contributed by atoms with Crippen LogP contribution in [-0.4, -0.2) is 24.8 Å². The van der Waals surface area contributed by atoms with Gasteiger partial charge in [-0.3, -0.25) is 4.79 Å². The van der Waals surface area contributed by atoms with E-state index in [1.807, 2.05) is 0 Å². The molecule has 0 aliphatic carbocycles. The Balaban J connectivity index is 0.00000264. The molecule has 1 saturated heterocycles. The van der Waals surface area contributed by atoms with E-state index in [-0.39, 0.29) is 28.2 Å². The fourth-order valence-corrected chi connectivity index (χ4v) is 3.45. The van der Waals surface area contributed by atoms with Crippen LogP contribution in [0.4, 0.5) is 14.5 Å². The number of halogens is 4. The number of rotatable bonds is 6. The average molecular weight is 385 g/mol. The van der Waals surface area contributed by atoms with Crippen LogP contribution in [0.15, 0.2) is 23.1 Å². The fourth-order valence-electron chi connectivity index (χ4n) is 2.53. The first-order chi connectivity index (χ1) is 10.6. The third kappa shape index (κ3) is 6.83. The van der Waals surface area contributed by atoms with Gasteiger partial charge in [0.15, 0.2) is 0 Å². The van der Waals surface area contributed by atoms with Crippen LogP contribution < -0.4 is 10.6 Å². The van der Waals surface area contributed by atoms with E-state index < -0.39 is 5.76 Å². The summed E-state index contributed by atoms with van der Waals surface area (Å²) in [5.74, 6) is -2.18. The molecule has 8 heteroatoms. The molecule has 1 aliphatic rings. The molecule has 1 aliphatic heterocycles. The molecule has 0 aromatic heterocycles. The van der Waals surface area contributed by atoms with Gasteiger partial charge in [-0.05, 0) is 50.4 Å². The molecule has 0 spiro atoms. The van der Waals surface area contributed by atoms with Crippen molar-refractivity contribution in [3.8, 4) is 0 Å². The van der Waals surface area contributed by atoms with Crippen LogP contribution in [0.25, 0.3) is 0 Å². The summed E-state index contributed by atoms with van der Waals surface area (Å²) >= 11 is 6.29. The zero-order valence-electron chi connectivity index (χ0n) is 12.5. The molecule has 3 nitrogen and oxygen atoms in total. The van der Waals surface area contributed by atoms with Gasteiger partial charge in [-0.25, -0.2) is 0 Å². The quantitative estimate of drug-likeness (QED) is 0.692. The maximum absolute atomic E-state index is 12.6. The van der Waals surface area contributed by atoms with Gasteiger partial charge in [-0.2, -0.15) is 8.78 Å². The van der Waals surface area contributed by atoms with Gasteiger partial charge < -0.3 is 10.6 Å². The van der Waals surface area contributed by atoms with E-state index in [0.29, 0.717) is 29.8 Å². The van der Waals surface area contributed by atoms with Crippen molar-refractivity contribution < 1.29 is 13.6 Å². The molecule has 0 saturated carbocycles. The molecule has 0 atom stereocenters. The molecule has 2 N–H and O–H groups in total. The summed E-state index contributed by atoms with van der Waals surface area (Å²) in [6.45, 7) is 1.99. The second kappa shape index (κ2) is 10.3. The highest BCUT2D eigenvalue weighted by molar-refractivity contribution is 7.99. The highest BCUT2D eigenvalue weighted by Crippen LogP contribution is 2.37. The third-order valence-corrected chi connectivity index (χ3v) is 4.97. The van der Waals surface area contributed by atoms with Gasteiger partial charge >= 0.3 is 0 Å². The zero-order valence-corrected chi connectivity index (χ0v) is 14.9. The zero-order chi connectivity index (χ0) is 15.9. The standard InChI is InChI=1S/C15H19ClF2N2OS.ClH/c16-11-2-1-3-12(14(11)22-15(17)18)20-13(21)5-4-10-6-8-19-9-7-10;/h1-3,10,15,19H,4-9H2,(H,20,21);1H. The minimum atomic E-state index is -2.58. The number of carbonyl (C=O) groups is 1. The lowest BCUT2D eigenvalue weighted by molar-refractivity contribution is -0.116. The number of hydrogen-bond donors (Lipinski definition) is 2. The van der Waals surface area contributed by atoms with E-state index in [0.717, 1.165) is 32.4 Å². The largest absolute Gasteiger partial charge is 0.325 e. The number of nitrogens with one attached hydrogen (secondary N) is 2. The Hall–Kier alpha value is -0.560. The summed E-state index contributed by atoms with van der Waals surface area (Å²) in [6.07, 6.45) is 3.38. The van der Waals surface area contributed by atoms with E-state index in [9.17, 15) is 13.6 Å². The van der Waals surface area contributed by atoms with Gasteiger partial charge in [0.25, 0.3) is 5.76 Å². The van der Waals surface area contributed by atoms with E-state index in [2.05, 4.69) is 10.6 Å². The SMILES string of the molecule is Cl.O=C(CCC1CCNCC1)Nc1cccc(Cl)c1SC(F)F. The van der Waals surface area contributed by atoms with Crippen LogP contribution in [0.3, 0.4) is 0 Å². The number of alkyl halides is 2. The first-order valence-electron chi connectivity index (χ1n) is 7.30. The highest BCUT2D eigenvalue weighted by atomic mass is 35.5. The maximum Gasteiger partial charge on any atom is 0.289 e. The second-order valence-electron chi connectivity index (χ2n) is 5.28. The molecule has 1 heterocycles. The predicted molar refractivity (Wildman–Crippen MR) is 94.0 cm³/mol. The summed E-state index contributed by atoms with van der Waals surface area (Å²) in [7, 11) is 0. The van der Waals surface area contributed by atoms with Crippen molar-refractivity contribution in [2.24, 2.45) is 5.92 Å². The van der Waals surface area contributed by atoms with E-state index in [1.54, 1.807) is 12.1 Å². The lowest BCUT2D eigenvalue weighted by atomic mass is 9.93. The number of anilines is 1. The van der Waals surface area contributed by atoms with E-state index >= 15 is 0 Å². The lowest BCUT2D eigenvalue weighted by Crippen LogP contribution is -2.28. The third-order valence-electron chi connectivity index (χ3n) is 3.69. The van der Waals surface area contributed by atoms with Crippen molar-refractivity contribution in [3.05, 3.63) is 23.2 Å². The smallest absolute Gasteiger partial charge is 0.289 e. The molecule has 1 aromatic carbocycles. The molecule has 0 radical (unpaired) electrons. The number of piperidine rings is 1. The van der Waals surface area contributed by atoms with Crippen LogP contribution in [0.1, 0.15) is 25.7 Å². The molecule has 130 valence electrons. The van der Waals surface area contributed by atoms with E-state index in [1.165, 1.54) is 6.07 Å². The van der Waals surface area contributed by atoms with Gasteiger partial charge in [0.1, 0.15) is 0 Å². The summed E-state index contributed by atoms with van der Waals surface area (Å²) < 4.78 is 25.2. The molecule has 2 rings (SSSR count). The molecule has 0 bridgehead atoms. The summed E-state index contributed by atoms with van der Waals surface area (Å²) in [4.78, 5) is 12.3. The lowest BCUT2D eigenvalue weighted by Gasteiger charge is -2.22. The Bertz CT molecular complexity index is 514. The molecule has 1 aromatic rings. The Labute approximate surface area is 150 Å². The number of hydrogen-bond acceptors (Lipinski definition) is 3. The first-order valence-corrected chi connectivity index (χ1v) is 8.56. The molecule has 1 amide bonds. The molecule has 0 unspecified atom stereocenters. The monoisotopic (exact) mass is 384 g/mol. The fraction of sp³-hybridized carbons (Fsp3) is 0.533. The van der Waals surface area contributed by atoms with Crippen molar-refractivity contribution in [3.63, 3.8) is 0 Å². The number of carbonyl (C=O) groups excluding carboxylic acids is 1. The van der Waals surface area contributed by atoms with Crippen LogP contribution in [0.2, 0.25) is 5.02 Å². The number of amides is 1. The van der Waals surface area contributed by atoms with Crippen molar-refractivity contribution in [2.45, 2.75) is 36.3 Å². The Morgan fingerprint density at radius 3 is 2.74 bits per heavy atom. The van der Waals surface area contributed by atoms with Crippen LogP contribution >= 0.6 is 35.8 Å². The first kappa shape index (κ1) is 20.5. The van der Waals surface area contributed by atoms with Gasteiger partial charge in [0.05, 0.1) is 15.6 Å². The van der Waals surface area contributed by atoms with Gasteiger partial charge in [-0.15, -0.1) is 12.4 Å². The van der Waals surface area contributed by atoms with Crippen molar-refractivity contribution >= 4 is 47.4 Å². The van der Waals surface area contributed by atoms with Crippen LogP contribution in [0, 0.1) is 5.92 Å². The minimum absolute atomic E-state index is 0. The Kier molecular flexibility index (Phi) is 9.20. The van der Waals surface area contributed by atoms with Gasteiger partial charge in [0, 0.05) is 6.42 Å². The molecule has 23 heavy (non-hydrogen) atoms. The van der Waals surface area contributed by atoms with Gasteiger partial charge in [-0.1, -0.05) is 29.4 Å². The normalized spacial score (nSPS) is 15.3. The summed E-state index contributed by atoms with van der Waals surface area (Å²) in [5.41, 5.74) is 0.355. The van der Waals surface area contributed by atoms with Crippen molar-refractivity contribution in [1.82, 2.24) is 5.32 Å². The maximum atomic E-state index is 12.6.